The number of fused-ring (bicyclic) bond motifs is 1. The van der Waals surface area contributed by atoms with Gasteiger partial charge in [0.25, 0.3) is 0 Å². The van der Waals surface area contributed by atoms with Crippen LogP contribution >= 0.6 is 0 Å². The third-order valence-corrected chi connectivity index (χ3v) is 1.55. The fourth-order valence-electron chi connectivity index (χ4n) is 0.949. The SMILES string of the molecule is CC.CC(=O)c1ccc2ocnc2n1. The van der Waals surface area contributed by atoms with Crippen LogP contribution in [0.1, 0.15) is 31.3 Å². The van der Waals surface area contributed by atoms with E-state index in [-0.39, 0.29) is 5.78 Å². The number of hydrogen-bond acceptors (Lipinski definition) is 4. The molecule has 0 aromatic carbocycles. The van der Waals surface area contributed by atoms with Crippen LogP contribution in [-0.4, -0.2) is 15.8 Å². The van der Waals surface area contributed by atoms with Gasteiger partial charge in [0, 0.05) is 6.92 Å². The van der Waals surface area contributed by atoms with Crippen molar-refractivity contribution in [1.29, 1.82) is 0 Å². The second-order valence-corrected chi connectivity index (χ2v) is 2.43. The Morgan fingerprint density at radius 2 is 2.07 bits per heavy atom. The molecule has 0 amide bonds. The average Bonchev–Trinajstić information content (AvgIpc) is 2.67. The Kier molecular flexibility index (Phi) is 3.34. The van der Waals surface area contributed by atoms with Crippen molar-refractivity contribution in [3.63, 3.8) is 0 Å². The summed E-state index contributed by atoms with van der Waals surface area (Å²) >= 11 is 0. The summed E-state index contributed by atoms with van der Waals surface area (Å²) in [6.07, 6.45) is 1.31. The topological polar surface area (TPSA) is 56.0 Å². The van der Waals surface area contributed by atoms with Gasteiger partial charge >= 0.3 is 0 Å². The predicted octanol–water partition coefficient (Wildman–Crippen LogP) is 2.45. The number of aromatic nitrogens is 2. The van der Waals surface area contributed by atoms with Crippen LogP contribution in [0.5, 0.6) is 0 Å². The van der Waals surface area contributed by atoms with E-state index in [4.69, 9.17) is 4.42 Å². The van der Waals surface area contributed by atoms with Crippen LogP contribution in [0.4, 0.5) is 0 Å². The maximum Gasteiger partial charge on any atom is 0.199 e. The fourth-order valence-corrected chi connectivity index (χ4v) is 0.949. The number of ketones is 1. The lowest BCUT2D eigenvalue weighted by Crippen LogP contribution is -1.95. The van der Waals surface area contributed by atoms with E-state index in [0.29, 0.717) is 16.9 Å². The lowest BCUT2D eigenvalue weighted by molar-refractivity contribution is 0.101. The Hall–Kier alpha value is -1.71. The summed E-state index contributed by atoms with van der Waals surface area (Å²) in [5.41, 5.74) is 1.49. The van der Waals surface area contributed by atoms with Gasteiger partial charge in [0.15, 0.2) is 23.4 Å². The molecule has 0 fully saturated rings. The molecule has 2 rings (SSSR count). The summed E-state index contributed by atoms with van der Waals surface area (Å²) in [5.74, 6) is -0.0695. The Morgan fingerprint density at radius 3 is 2.71 bits per heavy atom. The van der Waals surface area contributed by atoms with Crippen LogP contribution in [0.2, 0.25) is 0 Å². The number of carbonyl (C=O) groups is 1. The van der Waals surface area contributed by atoms with E-state index in [1.165, 1.54) is 13.3 Å². The van der Waals surface area contributed by atoms with Gasteiger partial charge in [0.05, 0.1) is 0 Å². The van der Waals surface area contributed by atoms with Gasteiger partial charge in [-0.25, -0.2) is 4.98 Å². The van der Waals surface area contributed by atoms with Gasteiger partial charge in [0.2, 0.25) is 0 Å². The first-order valence-electron chi connectivity index (χ1n) is 4.48. The third kappa shape index (κ3) is 1.96. The minimum atomic E-state index is -0.0695. The second-order valence-electron chi connectivity index (χ2n) is 2.43. The third-order valence-electron chi connectivity index (χ3n) is 1.55. The quantitative estimate of drug-likeness (QED) is 0.651. The summed E-state index contributed by atoms with van der Waals surface area (Å²) < 4.78 is 4.97. The van der Waals surface area contributed by atoms with Gasteiger partial charge < -0.3 is 4.42 Å². The molecule has 4 heteroatoms. The Morgan fingerprint density at radius 1 is 1.36 bits per heavy atom. The minimum Gasteiger partial charge on any atom is -0.442 e. The molecule has 0 saturated heterocycles. The van der Waals surface area contributed by atoms with Crippen molar-refractivity contribution >= 4 is 17.0 Å². The Labute approximate surface area is 82.0 Å². The summed E-state index contributed by atoms with van der Waals surface area (Å²) in [5, 5.41) is 0. The van der Waals surface area contributed by atoms with E-state index in [1.54, 1.807) is 12.1 Å². The molecule has 0 unspecified atom stereocenters. The first-order valence-corrected chi connectivity index (χ1v) is 4.48. The zero-order valence-corrected chi connectivity index (χ0v) is 8.44. The zero-order valence-electron chi connectivity index (χ0n) is 8.44. The van der Waals surface area contributed by atoms with Gasteiger partial charge in [-0.2, -0.15) is 4.98 Å². The molecule has 0 aliphatic heterocycles. The number of hydrogen-bond donors (Lipinski definition) is 0. The standard InChI is InChI=1S/C8H6N2O2.C2H6/c1-5(11)6-2-3-7-8(10-6)9-4-12-7;1-2/h2-4H,1H3;1-2H3. The van der Waals surface area contributed by atoms with Crippen LogP contribution in [0.25, 0.3) is 11.2 Å². The van der Waals surface area contributed by atoms with Crippen molar-refractivity contribution in [3.8, 4) is 0 Å². The Bertz CT molecular complexity index is 434. The fraction of sp³-hybridized carbons (Fsp3) is 0.300. The molecule has 0 radical (unpaired) electrons. The zero-order chi connectivity index (χ0) is 10.6. The normalized spacial score (nSPS) is 9.36. The van der Waals surface area contributed by atoms with E-state index in [9.17, 15) is 4.79 Å². The highest BCUT2D eigenvalue weighted by atomic mass is 16.3. The van der Waals surface area contributed by atoms with Gasteiger partial charge in [-0.3, -0.25) is 4.79 Å². The number of carbonyl (C=O) groups excluding carboxylic acids is 1. The summed E-state index contributed by atoms with van der Waals surface area (Å²) in [4.78, 5) is 18.7. The molecule has 0 N–H and O–H groups in total. The Balaban J connectivity index is 0.000000461. The highest BCUT2D eigenvalue weighted by molar-refractivity contribution is 5.93. The monoisotopic (exact) mass is 192 g/mol. The number of oxazole rings is 1. The maximum absolute atomic E-state index is 10.9. The lowest BCUT2D eigenvalue weighted by atomic mass is 10.3. The second kappa shape index (κ2) is 4.50. The summed E-state index contributed by atoms with van der Waals surface area (Å²) in [6, 6.07) is 3.31. The molecule has 0 bridgehead atoms. The highest BCUT2D eigenvalue weighted by Crippen LogP contribution is 2.09. The summed E-state index contributed by atoms with van der Waals surface area (Å²) in [7, 11) is 0. The first-order chi connectivity index (χ1) is 6.77. The molecule has 0 saturated carbocycles. The molecule has 4 nitrogen and oxygen atoms in total. The minimum absolute atomic E-state index is 0.0695. The van der Waals surface area contributed by atoms with E-state index in [0.717, 1.165) is 0 Å². The smallest absolute Gasteiger partial charge is 0.199 e. The number of rotatable bonds is 1. The van der Waals surface area contributed by atoms with Crippen molar-refractivity contribution in [1.82, 2.24) is 9.97 Å². The number of Topliss-reactive ketones (excluding diaryl/α,β-unsaturated/α-hetero) is 1. The first kappa shape index (κ1) is 10.4. The van der Waals surface area contributed by atoms with Crippen molar-refractivity contribution in [2.75, 3.05) is 0 Å². The van der Waals surface area contributed by atoms with Crippen molar-refractivity contribution < 1.29 is 9.21 Å². The molecule has 0 spiro atoms. The van der Waals surface area contributed by atoms with E-state index >= 15 is 0 Å². The highest BCUT2D eigenvalue weighted by Gasteiger charge is 2.04. The van der Waals surface area contributed by atoms with Crippen molar-refractivity contribution in [2.24, 2.45) is 0 Å². The van der Waals surface area contributed by atoms with Crippen molar-refractivity contribution in [3.05, 3.63) is 24.2 Å². The molecule has 74 valence electrons. The molecular weight excluding hydrogens is 180 g/mol. The van der Waals surface area contributed by atoms with E-state index < -0.39 is 0 Å². The van der Waals surface area contributed by atoms with Gasteiger partial charge in [0.1, 0.15) is 5.69 Å². The molecule has 0 atom stereocenters. The van der Waals surface area contributed by atoms with Crippen LogP contribution < -0.4 is 0 Å². The van der Waals surface area contributed by atoms with Crippen LogP contribution in [-0.2, 0) is 0 Å². The average molecular weight is 192 g/mol. The molecular formula is C10H12N2O2. The lowest BCUT2D eigenvalue weighted by Gasteiger charge is -1.91. The van der Waals surface area contributed by atoms with Crippen molar-refractivity contribution in [2.45, 2.75) is 20.8 Å². The van der Waals surface area contributed by atoms with E-state index in [1.807, 2.05) is 13.8 Å². The maximum atomic E-state index is 10.9. The van der Waals surface area contributed by atoms with Crippen LogP contribution in [0, 0.1) is 0 Å². The summed E-state index contributed by atoms with van der Waals surface area (Å²) in [6.45, 7) is 5.47. The molecule has 2 heterocycles. The number of pyridine rings is 1. The predicted molar refractivity (Wildman–Crippen MR) is 53.2 cm³/mol. The van der Waals surface area contributed by atoms with Crippen LogP contribution in [0.15, 0.2) is 22.9 Å². The molecule has 0 aliphatic rings. The molecule has 14 heavy (non-hydrogen) atoms. The van der Waals surface area contributed by atoms with Gasteiger partial charge in [-0.15, -0.1) is 0 Å². The van der Waals surface area contributed by atoms with Gasteiger partial charge in [-0.1, -0.05) is 13.8 Å². The van der Waals surface area contributed by atoms with E-state index in [2.05, 4.69) is 9.97 Å². The molecule has 2 aromatic heterocycles. The number of nitrogens with zero attached hydrogens (tertiary/aromatic N) is 2. The van der Waals surface area contributed by atoms with Gasteiger partial charge in [-0.05, 0) is 12.1 Å². The molecule has 2 aromatic rings. The van der Waals surface area contributed by atoms with Crippen LogP contribution in [0.3, 0.4) is 0 Å². The molecule has 0 aliphatic carbocycles. The largest absolute Gasteiger partial charge is 0.442 e.